The Morgan fingerprint density at radius 3 is 2.67 bits per heavy atom. The van der Waals surface area contributed by atoms with Gasteiger partial charge in [-0.1, -0.05) is 6.92 Å². The molecule has 4 aromatic rings. The third-order valence-electron chi connectivity index (χ3n) is 6.16. The Hall–Kier alpha value is -3.69. The van der Waals surface area contributed by atoms with E-state index in [1.807, 2.05) is 0 Å². The van der Waals surface area contributed by atoms with Crippen LogP contribution in [-0.2, 0) is 6.18 Å². The van der Waals surface area contributed by atoms with Gasteiger partial charge in [0, 0.05) is 18.3 Å². The van der Waals surface area contributed by atoms with Crippen LogP contribution in [0.2, 0.25) is 0 Å². The van der Waals surface area contributed by atoms with Crippen molar-refractivity contribution in [1.29, 1.82) is 0 Å². The molecule has 3 aromatic heterocycles. The lowest BCUT2D eigenvalue weighted by atomic mass is 9.91. The number of pyridine rings is 1. The molecule has 2 unspecified atom stereocenters. The molecule has 7 nitrogen and oxygen atoms in total. The summed E-state index contributed by atoms with van der Waals surface area (Å²) in [5.74, 6) is 0.402. The van der Waals surface area contributed by atoms with E-state index in [-0.39, 0.29) is 11.8 Å². The number of alkyl halides is 3. The molecule has 2 atom stereocenters. The predicted octanol–water partition coefficient (Wildman–Crippen LogP) is 4.49. The van der Waals surface area contributed by atoms with Crippen molar-refractivity contribution in [3.8, 4) is 0 Å². The number of rotatable bonds is 2. The molecule has 1 fully saturated rings. The number of imidazole rings is 1. The number of amides is 1. The molecule has 1 aliphatic rings. The summed E-state index contributed by atoms with van der Waals surface area (Å²) in [7, 11) is 0. The van der Waals surface area contributed by atoms with Gasteiger partial charge in [0.15, 0.2) is 0 Å². The molecule has 0 radical (unpaired) electrons. The molecular formula is C23H21F3N6O. The summed E-state index contributed by atoms with van der Waals surface area (Å²) in [6.45, 7) is 2.55. The molecule has 5 rings (SSSR count). The van der Waals surface area contributed by atoms with Crippen molar-refractivity contribution in [3.05, 3.63) is 65.9 Å². The number of halogens is 3. The maximum atomic E-state index is 13.6. The lowest BCUT2D eigenvalue weighted by Gasteiger charge is -2.38. The van der Waals surface area contributed by atoms with Gasteiger partial charge in [-0.2, -0.15) is 13.2 Å². The molecule has 0 bridgehead atoms. The van der Waals surface area contributed by atoms with Crippen molar-refractivity contribution in [2.24, 2.45) is 5.92 Å². The topological polar surface area (TPSA) is 89.4 Å². The summed E-state index contributed by atoms with van der Waals surface area (Å²) in [4.78, 5) is 27.9. The van der Waals surface area contributed by atoms with E-state index in [9.17, 15) is 18.0 Å². The number of aromatic nitrogens is 4. The summed E-state index contributed by atoms with van der Waals surface area (Å²) in [6.07, 6.45) is 1.08. The van der Waals surface area contributed by atoms with Crippen LogP contribution < -0.4 is 5.73 Å². The normalized spacial score (nSPS) is 19.3. The van der Waals surface area contributed by atoms with Gasteiger partial charge in [0.1, 0.15) is 11.3 Å². The standard InChI is InChI=1S/C23H21F3N6O/c1-13-2-7-18(16-6-4-15(9-29-16)23(24,25)26)31(11-13)22(33)14-3-5-17-19(8-14)32-12-28-10-20(32)21(27)30-17/h3-6,8-10,12-13,18H,2,7,11H2,1H3,(H2,27,30). The molecule has 0 spiro atoms. The van der Waals surface area contributed by atoms with E-state index >= 15 is 0 Å². The van der Waals surface area contributed by atoms with Crippen LogP contribution in [0.3, 0.4) is 0 Å². The SMILES string of the molecule is CC1CCC(c2ccc(C(F)(F)F)cn2)N(C(=O)c2ccc3nc(N)c4cncn4c3c2)C1. The first-order chi connectivity index (χ1) is 15.7. The third-order valence-corrected chi connectivity index (χ3v) is 6.16. The average molecular weight is 454 g/mol. The van der Waals surface area contributed by atoms with Gasteiger partial charge in [-0.25, -0.2) is 9.97 Å². The molecule has 0 aliphatic carbocycles. The zero-order valence-electron chi connectivity index (χ0n) is 17.8. The molecule has 2 N–H and O–H groups in total. The first-order valence-corrected chi connectivity index (χ1v) is 10.6. The Kier molecular flexibility index (Phi) is 4.95. The van der Waals surface area contributed by atoms with E-state index in [4.69, 9.17) is 5.73 Å². The van der Waals surface area contributed by atoms with Crippen LogP contribution >= 0.6 is 0 Å². The minimum Gasteiger partial charge on any atom is -0.382 e. The van der Waals surface area contributed by atoms with Crippen molar-refractivity contribution < 1.29 is 18.0 Å². The second kappa shape index (κ2) is 7.72. The molecule has 1 saturated heterocycles. The summed E-state index contributed by atoms with van der Waals surface area (Å²) < 4.78 is 40.6. The lowest BCUT2D eigenvalue weighted by Crippen LogP contribution is -2.42. The number of fused-ring (bicyclic) bond motifs is 3. The van der Waals surface area contributed by atoms with Crippen molar-refractivity contribution >= 4 is 28.3 Å². The number of benzene rings is 1. The van der Waals surface area contributed by atoms with E-state index < -0.39 is 17.8 Å². The van der Waals surface area contributed by atoms with E-state index in [0.717, 1.165) is 18.7 Å². The number of likely N-dealkylation sites (tertiary alicyclic amines) is 1. The highest BCUT2D eigenvalue weighted by Crippen LogP contribution is 2.35. The number of anilines is 1. The molecule has 4 heterocycles. The maximum Gasteiger partial charge on any atom is 0.417 e. The Bertz CT molecular complexity index is 1350. The second-order valence-electron chi connectivity index (χ2n) is 8.47. The lowest BCUT2D eigenvalue weighted by molar-refractivity contribution is -0.137. The molecule has 170 valence electrons. The van der Waals surface area contributed by atoms with Gasteiger partial charge in [0.05, 0.1) is 40.9 Å². The Labute approximate surface area is 187 Å². The Balaban J connectivity index is 1.52. The fourth-order valence-electron chi connectivity index (χ4n) is 4.43. The second-order valence-corrected chi connectivity index (χ2v) is 8.47. The zero-order valence-corrected chi connectivity index (χ0v) is 17.8. The first kappa shape index (κ1) is 21.2. The van der Waals surface area contributed by atoms with Crippen LogP contribution in [0.4, 0.5) is 19.0 Å². The number of hydrogen-bond acceptors (Lipinski definition) is 5. The number of nitrogens with zero attached hydrogens (tertiary/aromatic N) is 5. The molecular weight excluding hydrogens is 433 g/mol. The smallest absolute Gasteiger partial charge is 0.382 e. The molecule has 1 amide bonds. The van der Waals surface area contributed by atoms with Crippen molar-refractivity contribution in [3.63, 3.8) is 0 Å². The predicted molar refractivity (Wildman–Crippen MR) is 116 cm³/mol. The highest BCUT2D eigenvalue weighted by molar-refractivity contribution is 5.98. The van der Waals surface area contributed by atoms with Crippen molar-refractivity contribution in [1.82, 2.24) is 24.3 Å². The largest absolute Gasteiger partial charge is 0.417 e. The molecule has 1 aliphatic heterocycles. The van der Waals surface area contributed by atoms with E-state index in [1.165, 1.54) is 6.07 Å². The maximum absolute atomic E-state index is 13.6. The molecule has 10 heteroatoms. The molecule has 1 aromatic carbocycles. The Morgan fingerprint density at radius 1 is 1.12 bits per heavy atom. The van der Waals surface area contributed by atoms with Crippen LogP contribution in [0.5, 0.6) is 0 Å². The zero-order chi connectivity index (χ0) is 23.3. The van der Waals surface area contributed by atoms with Crippen LogP contribution in [0.1, 0.15) is 47.4 Å². The van der Waals surface area contributed by atoms with Crippen molar-refractivity contribution in [2.75, 3.05) is 12.3 Å². The van der Waals surface area contributed by atoms with Gasteiger partial charge in [0.25, 0.3) is 5.91 Å². The monoisotopic (exact) mass is 454 g/mol. The fraction of sp³-hybridized carbons (Fsp3) is 0.304. The van der Waals surface area contributed by atoms with Gasteiger partial charge >= 0.3 is 6.18 Å². The Morgan fingerprint density at radius 2 is 1.94 bits per heavy atom. The highest BCUT2D eigenvalue weighted by atomic mass is 19.4. The van der Waals surface area contributed by atoms with Gasteiger partial charge in [0.2, 0.25) is 0 Å². The van der Waals surface area contributed by atoms with Crippen LogP contribution in [0, 0.1) is 5.92 Å². The van der Waals surface area contributed by atoms with E-state index in [0.29, 0.717) is 46.6 Å². The average Bonchev–Trinajstić information content (AvgIpc) is 3.29. The van der Waals surface area contributed by atoms with Gasteiger partial charge in [-0.05, 0) is 49.1 Å². The van der Waals surface area contributed by atoms with Crippen LogP contribution in [0.25, 0.3) is 16.6 Å². The number of nitrogens with two attached hydrogens (primary N) is 1. The quantitative estimate of drug-likeness (QED) is 0.482. The minimum absolute atomic E-state index is 0.208. The van der Waals surface area contributed by atoms with Gasteiger partial charge < -0.3 is 10.6 Å². The first-order valence-electron chi connectivity index (χ1n) is 10.6. The highest BCUT2D eigenvalue weighted by Gasteiger charge is 2.34. The van der Waals surface area contributed by atoms with Crippen LogP contribution in [0.15, 0.2) is 49.1 Å². The van der Waals surface area contributed by atoms with Crippen LogP contribution in [-0.4, -0.2) is 36.7 Å². The van der Waals surface area contributed by atoms with Gasteiger partial charge in [-0.3, -0.25) is 14.2 Å². The molecule has 33 heavy (non-hydrogen) atoms. The van der Waals surface area contributed by atoms with E-state index in [2.05, 4.69) is 21.9 Å². The summed E-state index contributed by atoms with van der Waals surface area (Å²) in [5.41, 5.74) is 8.06. The number of carbonyl (C=O) groups is 1. The summed E-state index contributed by atoms with van der Waals surface area (Å²) in [6, 6.07) is 7.16. The van der Waals surface area contributed by atoms with Gasteiger partial charge in [-0.15, -0.1) is 0 Å². The number of carbonyl (C=O) groups excluding carboxylic acids is 1. The number of nitrogen functional groups attached to an aromatic ring is 1. The van der Waals surface area contributed by atoms with E-state index in [1.54, 1.807) is 40.0 Å². The number of hydrogen-bond donors (Lipinski definition) is 1. The number of piperidine rings is 1. The summed E-state index contributed by atoms with van der Waals surface area (Å²) in [5, 5.41) is 0. The van der Waals surface area contributed by atoms with Crippen molar-refractivity contribution in [2.45, 2.75) is 32.0 Å². The molecule has 0 saturated carbocycles. The fourth-order valence-corrected chi connectivity index (χ4v) is 4.43. The summed E-state index contributed by atoms with van der Waals surface area (Å²) >= 11 is 0. The third kappa shape index (κ3) is 3.75. The minimum atomic E-state index is -4.46.